The Labute approximate surface area is 134 Å². The molecule has 1 aliphatic heterocycles. The van der Waals surface area contributed by atoms with E-state index in [1.165, 1.54) is 9.21 Å². The van der Waals surface area contributed by atoms with Gasteiger partial charge in [-0.15, -0.1) is 0 Å². The maximum absolute atomic E-state index is 13.7. The highest BCUT2D eigenvalue weighted by Crippen LogP contribution is 2.15. The maximum Gasteiger partial charge on any atom is 0.256 e. The first-order valence-corrected chi connectivity index (χ1v) is 9.18. The Hall–Kier alpha value is -1.54. The molecule has 1 fully saturated rings. The summed E-state index contributed by atoms with van der Waals surface area (Å²) < 4.78 is 52.2. The Kier molecular flexibility index (Phi) is 5.69. The molecule has 1 amide bonds. The molecule has 23 heavy (non-hydrogen) atoms. The molecular formula is C15H20F2N2O3S. The number of sulfonamides is 1. The van der Waals surface area contributed by atoms with Crippen molar-refractivity contribution in [2.45, 2.75) is 19.8 Å². The highest BCUT2D eigenvalue weighted by Gasteiger charge is 2.27. The zero-order chi connectivity index (χ0) is 17.0. The molecule has 5 nitrogen and oxygen atoms in total. The van der Waals surface area contributed by atoms with Gasteiger partial charge in [0.1, 0.15) is 11.6 Å². The van der Waals surface area contributed by atoms with Gasteiger partial charge in [0.05, 0.1) is 11.3 Å². The lowest BCUT2D eigenvalue weighted by Gasteiger charge is -2.22. The van der Waals surface area contributed by atoms with E-state index in [1.807, 2.05) is 0 Å². The highest BCUT2D eigenvalue weighted by atomic mass is 32.2. The van der Waals surface area contributed by atoms with E-state index >= 15 is 0 Å². The largest absolute Gasteiger partial charge is 0.337 e. The maximum atomic E-state index is 13.7. The normalized spacial score (nSPS) is 17.1. The van der Waals surface area contributed by atoms with E-state index in [0.29, 0.717) is 32.0 Å². The van der Waals surface area contributed by atoms with Crippen molar-refractivity contribution in [1.82, 2.24) is 9.21 Å². The Morgan fingerprint density at radius 3 is 2.57 bits per heavy atom. The van der Waals surface area contributed by atoms with Crippen LogP contribution in [-0.4, -0.2) is 55.5 Å². The quantitative estimate of drug-likeness (QED) is 0.836. The summed E-state index contributed by atoms with van der Waals surface area (Å²) in [4.78, 5) is 13.8. The van der Waals surface area contributed by atoms with Gasteiger partial charge in [-0.1, -0.05) is 6.92 Å². The minimum atomic E-state index is -3.31. The van der Waals surface area contributed by atoms with Gasteiger partial charge < -0.3 is 4.90 Å². The fourth-order valence-electron chi connectivity index (χ4n) is 2.60. The molecule has 0 aliphatic carbocycles. The third-order valence-corrected chi connectivity index (χ3v) is 5.84. The van der Waals surface area contributed by atoms with Crippen LogP contribution < -0.4 is 0 Å². The Bertz CT molecular complexity index is 679. The van der Waals surface area contributed by atoms with Gasteiger partial charge in [0, 0.05) is 32.2 Å². The standard InChI is InChI=1S/C15H20F2N2O3S/c1-2-10-23(21,22)19-7-3-6-18(8-9-19)15(20)13-5-4-12(16)11-14(13)17/h4-5,11H,2-3,6-10H2,1H3. The van der Waals surface area contributed by atoms with Crippen LogP contribution in [-0.2, 0) is 10.0 Å². The van der Waals surface area contributed by atoms with E-state index in [4.69, 9.17) is 0 Å². The van der Waals surface area contributed by atoms with Crippen molar-refractivity contribution in [3.63, 3.8) is 0 Å². The fraction of sp³-hybridized carbons (Fsp3) is 0.533. The molecule has 2 rings (SSSR count). The van der Waals surface area contributed by atoms with Crippen LogP contribution in [0.5, 0.6) is 0 Å². The molecule has 8 heteroatoms. The summed E-state index contributed by atoms with van der Waals surface area (Å²) in [6.45, 7) is 2.86. The number of nitrogens with zero attached hydrogens (tertiary/aromatic N) is 2. The Morgan fingerprint density at radius 2 is 1.91 bits per heavy atom. The first-order chi connectivity index (χ1) is 10.8. The van der Waals surface area contributed by atoms with Crippen molar-refractivity contribution < 1.29 is 22.0 Å². The molecular weight excluding hydrogens is 326 g/mol. The average molecular weight is 346 g/mol. The van der Waals surface area contributed by atoms with Gasteiger partial charge in [0.2, 0.25) is 10.0 Å². The minimum Gasteiger partial charge on any atom is -0.337 e. The number of carbonyl (C=O) groups excluding carboxylic acids is 1. The van der Waals surface area contributed by atoms with Gasteiger partial charge in [0.15, 0.2) is 0 Å². The zero-order valence-corrected chi connectivity index (χ0v) is 13.8. The fourth-order valence-corrected chi connectivity index (χ4v) is 4.14. The van der Waals surface area contributed by atoms with E-state index in [1.54, 1.807) is 6.92 Å². The average Bonchev–Trinajstić information content (AvgIpc) is 2.73. The van der Waals surface area contributed by atoms with E-state index < -0.39 is 27.6 Å². The van der Waals surface area contributed by atoms with E-state index in [-0.39, 0.29) is 24.4 Å². The second-order valence-electron chi connectivity index (χ2n) is 5.48. The molecule has 0 radical (unpaired) electrons. The van der Waals surface area contributed by atoms with E-state index in [9.17, 15) is 22.0 Å². The second kappa shape index (κ2) is 7.35. The third kappa shape index (κ3) is 4.26. The number of amides is 1. The van der Waals surface area contributed by atoms with Crippen LogP contribution in [0.1, 0.15) is 30.1 Å². The van der Waals surface area contributed by atoms with Gasteiger partial charge in [-0.05, 0) is 25.0 Å². The number of hydrogen-bond donors (Lipinski definition) is 0. The van der Waals surface area contributed by atoms with Gasteiger partial charge in [0.25, 0.3) is 5.91 Å². The predicted molar refractivity (Wildman–Crippen MR) is 82.5 cm³/mol. The molecule has 1 aromatic carbocycles. The van der Waals surface area contributed by atoms with Crippen molar-refractivity contribution in [1.29, 1.82) is 0 Å². The molecule has 0 aromatic heterocycles. The number of benzene rings is 1. The van der Waals surface area contributed by atoms with Crippen LogP contribution in [0, 0.1) is 11.6 Å². The third-order valence-electron chi connectivity index (χ3n) is 3.76. The van der Waals surface area contributed by atoms with Gasteiger partial charge in [-0.2, -0.15) is 0 Å². The van der Waals surface area contributed by atoms with Crippen LogP contribution in [0.2, 0.25) is 0 Å². The molecule has 0 N–H and O–H groups in total. The van der Waals surface area contributed by atoms with E-state index in [0.717, 1.165) is 12.1 Å². The topological polar surface area (TPSA) is 57.7 Å². The first kappa shape index (κ1) is 17.8. The van der Waals surface area contributed by atoms with Crippen LogP contribution in [0.15, 0.2) is 18.2 Å². The molecule has 1 heterocycles. The van der Waals surface area contributed by atoms with Crippen LogP contribution in [0.25, 0.3) is 0 Å². The van der Waals surface area contributed by atoms with Crippen LogP contribution >= 0.6 is 0 Å². The smallest absolute Gasteiger partial charge is 0.256 e. The molecule has 0 unspecified atom stereocenters. The van der Waals surface area contributed by atoms with Crippen molar-refractivity contribution >= 4 is 15.9 Å². The van der Waals surface area contributed by atoms with Crippen LogP contribution in [0.3, 0.4) is 0 Å². The van der Waals surface area contributed by atoms with Crippen molar-refractivity contribution in [2.75, 3.05) is 31.9 Å². The number of carbonyl (C=O) groups is 1. The van der Waals surface area contributed by atoms with Crippen LogP contribution in [0.4, 0.5) is 8.78 Å². The van der Waals surface area contributed by atoms with Crippen molar-refractivity contribution in [2.24, 2.45) is 0 Å². The summed E-state index contributed by atoms with van der Waals surface area (Å²) in [6, 6.07) is 2.82. The monoisotopic (exact) mass is 346 g/mol. The Morgan fingerprint density at radius 1 is 1.17 bits per heavy atom. The van der Waals surface area contributed by atoms with Gasteiger partial charge in [-0.25, -0.2) is 21.5 Å². The van der Waals surface area contributed by atoms with E-state index in [2.05, 4.69) is 0 Å². The lowest BCUT2D eigenvalue weighted by molar-refractivity contribution is 0.0759. The minimum absolute atomic E-state index is 0.0769. The van der Waals surface area contributed by atoms with Crippen molar-refractivity contribution in [3.05, 3.63) is 35.4 Å². The zero-order valence-electron chi connectivity index (χ0n) is 13.0. The number of hydrogen-bond acceptors (Lipinski definition) is 3. The molecule has 1 aromatic rings. The molecule has 128 valence electrons. The van der Waals surface area contributed by atoms with Crippen molar-refractivity contribution in [3.8, 4) is 0 Å². The molecule has 0 atom stereocenters. The first-order valence-electron chi connectivity index (χ1n) is 7.57. The lowest BCUT2D eigenvalue weighted by Crippen LogP contribution is -2.38. The summed E-state index contributed by atoms with van der Waals surface area (Å²) in [5.74, 6) is -2.12. The molecule has 0 saturated carbocycles. The summed E-state index contributed by atoms with van der Waals surface area (Å²) in [6.07, 6.45) is 1.01. The predicted octanol–water partition coefficient (Wildman–Crippen LogP) is 1.85. The summed E-state index contributed by atoms with van der Waals surface area (Å²) in [5, 5.41) is 0. The van der Waals surface area contributed by atoms with Gasteiger partial charge >= 0.3 is 0 Å². The summed E-state index contributed by atoms with van der Waals surface area (Å²) >= 11 is 0. The molecule has 0 spiro atoms. The summed E-state index contributed by atoms with van der Waals surface area (Å²) in [7, 11) is -3.31. The molecule has 1 saturated heterocycles. The Balaban J connectivity index is 2.10. The summed E-state index contributed by atoms with van der Waals surface area (Å²) in [5.41, 5.74) is -0.198. The van der Waals surface area contributed by atoms with Gasteiger partial charge in [-0.3, -0.25) is 4.79 Å². The lowest BCUT2D eigenvalue weighted by atomic mass is 10.1. The number of rotatable bonds is 4. The second-order valence-corrected chi connectivity index (χ2v) is 7.57. The number of halogens is 2. The molecule has 0 bridgehead atoms. The highest BCUT2D eigenvalue weighted by molar-refractivity contribution is 7.89. The SMILES string of the molecule is CCCS(=O)(=O)N1CCCN(C(=O)c2ccc(F)cc2F)CC1. The molecule has 1 aliphatic rings.